The maximum Gasteiger partial charge on any atom is 0.307 e. The van der Waals surface area contributed by atoms with E-state index in [1.54, 1.807) is 36.4 Å². The number of hydrogen-bond acceptors (Lipinski definition) is 5. The van der Waals surface area contributed by atoms with Gasteiger partial charge in [-0.1, -0.05) is 48.5 Å². The van der Waals surface area contributed by atoms with Gasteiger partial charge < -0.3 is 10.1 Å². The number of nitrogens with one attached hydrogen (secondary N) is 1. The first-order chi connectivity index (χ1) is 13.4. The minimum absolute atomic E-state index is 0.154. The summed E-state index contributed by atoms with van der Waals surface area (Å²) in [6, 6.07) is 21.0. The molecule has 0 aromatic heterocycles. The van der Waals surface area contributed by atoms with Gasteiger partial charge in [0.25, 0.3) is 5.91 Å². The van der Waals surface area contributed by atoms with Crippen molar-refractivity contribution < 1.29 is 22.7 Å². The van der Waals surface area contributed by atoms with Crippen LogP contribution in [0.4, 0.5) is 5.69 Å². The lowest BCUT2D eigenvalue weighted by atomic mass is 10.1. The molecular formula is C21H19NO5S. The Morgan fingerprint density at radius 2 is 1.54 bits per heavy atom. The number of carbonyl (C=O) groups excluding carboxylic acids is 2. The molecule has 0 saturated carbocycles. The number of esters is 1. The summed E-state index contributed by atoms with van der Waals surface area (Å²) >= 11 is 0. The zero-order valence-electron chi connectivity index (χ0n) is 15.0. The topological polar surface area (TPSA) is 89.5 Å². The van der Waals surface area contributed by atoms with E-state index in [-0.39, 0.29) is 17.1 Å². The molecule has 0 aliphatic carbocycles. The van der Waals surface area contributed by atoms with Crippen molar-refractivity contribution in [3.8, 4) is 0 Å². The summed E-state index contributed by atoms with van der Waals surface area (Å²) < 4.78 is 29.8. The first-order valence-corrected chi connectivity index (χ1v) is 10.3. The van der Waals surface area contributed by atoms with Crippen molar-refractivity contribution >= 4 is 38.2 Å². The third kappa shape index (κ3) is 5.17. The van der Waals surface area contributed by atoms with E-state index in [0.29, 0.717) is 5.69 Å². The number of ether oxygens (including phenoxy) is 1. The Bertz CT molecular complexity index is 1090. The van der Waals surface area contributed by atoms with E-state index in [2.05, 4.69) is 5.32 Å². The van der Waals surface area contributed by atoms with Crippen LogP contribution in [0.1, 0.15) is 6.42 Å². The highest BCUT2D eigenvalue weighted by Gasteiger charge is 2.18. The minimum atomic E-state index is -3.64. The summed E-state index contributed by atoms with van der Waals surface area (Å²) in [5.41, 5.74) is 0.586. The number of anilines is 1. The molecule has 3 aromatic rings. The molecule has 0 unspecified atom stereocenters. The highest BCUT2D eigenvalue weighted by Crippen LogP contribution is 2.20. The highest BCUT2D eigenvalue weighted by atomic mass is 32.2. The molecule has 0 aliphatic heterocycles. The van der Waals surface area contributed by atoms with Crippen molar-refractivity contribution in [1.82, 2.24) is 0 Å². The molecule has 0 atom stereocenters. The maximum atomic E-state index is 12.5. The van der Waals surface area contributed by atoms with Crippen LogP contribution in [-0.2, 0) is 24.2 Å². The smallest absolute Gasteiger partial charge is 0.307 e. The lowest BCUT2D eigenvalue weighted by Gasteiger charge is -2.08. The number of fused-ring (bicyclic) bond motifs is 1. The zero-order chi connectivity index (χ0) is 20.0. The molecule has 0 radical (unpaired) electrons. The molecule has 1 N–H and O–H groups in total. The highest BCUT2D eigenvalue weighted by molar-refractivity contribution is 7.91. The fourth-order valence-electron chi connectivity index (χ4n) is 2.63. The summed E-state index contributed by atoms with van der Waals surface area (Å²) in [5, 5.41) is 4.32. The van der Waals surface area contributed by atoms with E-state index in [4.69, 9.17) is 4.74 Å². The van der Waals surface area contributed by atoms with Gasteiger partial charge in [0.1, 0.15) is 0 Å². The van der Waals surface area contributed by atoms with Crippen LogP contribution in [0.25, 0.3) is 10.8 Å². The minimum Gasteiger partial charge on any atom is -0.456 e. The second kappa shape index (κ2) is 8.67. The Kier molecular flexibility index (Phi) is 6.06. The number of amides is 1. The first kappa shape index (κ1) is 19.6. The molecule has 3 aromatic carbocycles. The normalized spacial score (nSPS) is 11.1. The summed E-state index contributed by atoms with van der Waals surface area (Å²) in [6.07, 6.45) is -0.326. The fraction of sp³-hybridized carbons (Fsp3) is 0.143. The number of hydrogen-bond donors (Lipinski definition) is 1. The molecule has 7 heteroatoms. The Morgan fingerprint density at radius 1 is 0.857 bits per heavy atom. The molecule has 28 heavy (non-hydrogen) atoms. The predicted molar refractivity (Wildman–Crippen MR) is 107 cm³/mol. The van der Waals surface area contributed by atoms with Crippen molar-refractivity contribution in [3.63, 3.8) is 0 Å². The molecule has 0 saturated heterocycles. The second-order valence-electron chi connectivity index (χ2n) is 6.15. The number of rotatable bonds is 7. The van der Waals surface area contributed by atoms with Gasteiger partial charge in [0.2, 0.25) is 0 Å². The van der Waals surface area contributed by atoms with Gasteiger partial charge in [-0.15, -0.1) is 0 Å². The van der Waals surface area contributed by atoms with Crippen molar-refractivity contribution in [2.24, 2.45) is 0 Å². The van der Waals surface area contributed by atoms with Crippen LogP contribution in [0.15, 0.2) is 77.7 Å². The number of sulfone groups is 1. The predicted octanol–water partition coefficient (Wildman–Crippen LogP) is 3.19. The van der Waals surface area contributed by atoms with Crippen molar-refractivity contribution in [2.45, 2.75) is 11.3 Å². The molecule has 3 rings (SSSR count). The van der Waals surface area contributed by atoms with Crippen LogP contribution in [0.3, 0.4) is 0 Å². The van der Waals surface area contributed by atoms with Crippen molar-refractivity contribution in [1.29, 1.82) is 0 Å². The van der Waals surface area contributed by atoms with Gasteiger partial charge in [-0.25, -0.2) is 8.42 Å². The second-order valence-corrected chi connectivity index (χ2v) is 8.26. The average Bonchev–Trinajstić information content (AvgIpc) is 2.71. The molecule has 1 amide bonds. The third-order valence-electron chi connectivity index (χ3n) is 4.08. The molecule has 0 fully saturated rings. The Morgan fingerprint density at radius 3 is 2.29 bits per heavy atom. The van der Waals surface area contributed by atoms with Gasteiger partial charge in [-0.2, -0.15) is 0 Å². The lowest BCUT2D eigenvalue weighted by Crippen LogP contribution is -2.22. The molecule has 6 nitrogen and oxygen atoms in total. The van der Waals surface area contributed by atoms with Gasteiger partial charge in [0.05, 0.1) is 17.1 Å². The Hall–Kier alpha value is -3.19. The summed E-state index contributed by atoms with van der Waals surface area (Å²) in [6.45, 7) is -0.469. The first-order valence-electron chi connectivity index (χ1n) is 8.66. The van der Waals surface area contributed by atoms with E-state index in [0.717, 1.165) is 10.8 Å². The molecule has 0 spiro atoms. The SMILES string of the molecule is O=C(COC(=O)CCS(=O)(=O)c1ccc2ccccc2c1)Nc1ccccc1. The number of carbonyl (C=O) groups is 2. The van der Waals surface area contributed by atoms with E-state index >= 15 is 0 Å². The Labute approximate surface area is 163 Å². The summed E-state index contributed by atoms with van der Waals surface area (Å²) in [5.74, 6) is -1.62. The molecular weight excluding hydrogens is 378 g/mol. The fourth-order valence-corrected chi connectivity index (χ4v) is 3.89. The van der Waals surface area contributed by atoms with Gasteiger partial charge in [0.15, 0.2) is 16.4 Å². The summed E-state index contributed by atoms with van der Waals surface area (Å²) in [7, 11) is -3.64. The standard InChI is InChI=1S/C21H19NO5S/c23-20(22-18-8-2-1-3-9-18)15-27-21(24)12-13-28(25,26)19-11-10-16-6-4-5-7-17(16)14-19/h1-11,14H,12-13,15H2,(H,22,23). The van der Waals surface area contributed by atoms with Crippen LogP contribution in [0.5, 0.6) is 0 Å². The van der Waals surface area contributed by atoms with E-state index in [1.807, 2.05) is 30.3 Å². The van der Waals surface area contributed by atoms with Crippen LogP contribution >= 0.6 is 0 Å². The lowest BCUT2D eigenvalue weighted by molar-refractivity contribution is -0.146. The average molecular weight is 397 g/mol. The van der Waals surface area contributed by atoms with Crippen molar-refractivity contribution in [2.75, 3.05) is 17.7 Å². The van der Waals surface area contributed by atoms with Gasteiger partial charge in [-0.3, -0.25) is 9.59 Å². The molecule has 144 valence electrons. The largest absolute Gasteiger partial charge is 0.456 e. The third-order valence-corrected chi connectivity index (χ3v) is 5.79. The zero-order valence-corrected chi connectivity index (χ0v) is 15.8. The quantitative estimate of drug-likeness (QED) is 0.619. The number of benzene rings is 3. The maximum absolute atomic E-state index is 12.5. The molecule has 0 aliphatic rings. The monoisotopic (exact) mass is 397 g/mol. The molecule has 0 heterocycles. The van der Waals surface area contributed by atoms with E-state index in [1.165, 1.54) is 6.07 Å². The van der Waals surface area contributed by atoms with Gasteiger partial charge in [0, 0.05) is 5.69 Å². The van der Waals surface area contributed by atoms with Crippen LogP contribution in [0.2, 0.25) is 0 Å². The summed E-state index contributed by atoms with van der Waals surface area (Å²) in [4.78, 5) is 23.7. The van der Waals surface area contributed by atoms with Crippen LogP contribution < -0.4 is 5.32 Å². The number of para-hydroxylation sites is 1. The van der Waals surface area contributed by atoms with Crippen LogP contribution in [-0.4, -0.2) is 32.7 Å². The van der Waals surface area contributed by atoms with E-state index < -0.39 is 28.3 Å². The van der Waals surface area contributed by atoms with Crippen molar-refractivity contribution in [3.05, 3.63) is 72.8 Å². The molecule has 0 bridgehead atoms. The van der Waals surface area contributed by atoms with Crippen LogP contribution in [0, 0.1) is 0 Å². The Balaban J connectivity index is 1.52. The van der Waals surface area contributed by atoms with Gasteiger partial charge in [-0.05, 0) is 35.0 Å². The van der Waals surface area contributed by atoms with E-state index in [9.17, 15) is 18.0 Å². The van der Waals surface area contributed by atoms with Gasteiger partial charge >= 0.3 is 5.97 Å².